The van der Waals surface area contributed by atoms with Crippen molar-refractivity contribution in [2.75, 3.05) is 6.61 Å². The van der Waals surface area contributed by atoms with E-state index in [1.54, 1.807) is 0 Å². The van der Waals surface area contributed by atoms with Gasteiger partial charge in [0.05, 0.1) is 12.5 Å². The number of unbranched alkanes of at least 4 members (excludes halogenated alkanes) is 1. The number of hydrogen-bond donors (Lipinski definition) is 0. The topological polar surface area (TPSA) is 43.4 Å². The second-order valence-corrected chi connectivity index (χ2v) is 3.50. The van der Waals surface area contributed by atoms with Crippen LogP contribution in [0.25, 0.3) is 0 Å². The molecular weight excluding hydrogens is 168 g/mol. The lowest BCUT2D eigenvalue weighted by Crippen LogP contribution is -2.15. The smallest absolute Gasteiger partial charge is 0.309 e. The van der Waals surface area contributed by atoms with Crippen LogP contribution in [0.1, 0.15) is 39.0 Å². The standard InChI is InChI=1S/C10H16O3/c1-2-3-6-13-10(12)8-4-5-9(11)7-8/h8H,2-7H2,1H3. The van der Waals surface area contributed by atoms with E-state index in [2.05, 4.69) is 0 Å². The molecule has 1 rings (SSSR count). The van der Waals surface area contributed by atoms with E-state index in [1.165, 1.54) is 0 Å². The molecule has 13 heavy (non-hydrogen) atoms. The molecule has 0 radical (unpaired) electrons. The largest absolute Gasteiger partial charge is 0.465 e. The van der Waals surface area contributed by atoms with Crippen molar-refractivity contribution in [2.45, 2.75) is 39.0 Å². The van der Waals surface area contributed by atoms with Gasteiger partial charge in [-0.15, -0.1) is 0 Å². The lowest BCUT2D eigenvalue weighted by atomic mass is 10.1. The molecule has 0 amide bonds. The third kappa shape index (κ3) is 3.17. The Bertz CT molecular complexity index is 198. The molecule has 74 valence electrons. The number of carbonyl (C=O) groups excluding carboxylic acids is 2. The molecule has 3 heteroatoms. The van der Waals surface area contributed by atoms with Crippen molar-refractivity contribution in [3.05, 3.63) is 0 Å². The molecule has 1 saturated carbocycles. The molecule has 0 saturated heterocycles. The Hall–Kier alpha value is -0.860. The second-order valence-electron chi connectivity index (χ2n) is 3.50. The van der Waals surface area contributed by atoms with Crippen LogP contribution in [0.2, 0.25) is 0 Å². The highest BCUT2D eigenvalue weighted by atomic mass is 16.5. The summed E-state index contributed by atoms with van der Waals surface area (Å²) in [5, 5.41) is 0. The number of ether oxygens (including phenoxy) is 1. The van der Waals surface area contributed by atoms with Crippen molar-refractivity contribution in [1.82, 2.24) is 0 Å². The fourth-order valence-corrected chi connectivity index (χ4v) is 1.45. The van der Waals surface area contributed by atoms with Gasteiger partial charge in [0.2, 0.25) is 0 Å². The summed E-state index contributed by atoms with van der Waals surface area (Å²) in [5.41, 5.74) is 0. The lowest BCUT2D eigenvalue weighted by molar-refractivity contribution is -0.148. The number of carbonyl (C=O) groups is 2. The first-order valence-corrected chi connectivity index (χ1v) is 4.92. The first-order valence-electron chi connectivity index (χ1n) is 4.92. The van der Waals surface area contributed by atoms with E-state index < -0.39 is 0 Å². The summed E-state index contributed by atoms with van der Waals surface area (Å²) in [5.74, 6) is -0.138. The van der Waals surface area contributed by atoms with Crippen LogP contribution in [0.4, 0.5) is 0 Å². The maximum atomic E-state index is 11.3. The maximum Gasteiger partial charge on any atom is 0.309 e. The van der Waals surface area contributed by atoms with Crippen LogP contribution < -0.4 is 0 Å². The molecule has 0 heterocycles. The number of hydrogen-bond acceptors (Lipinski definition) is 3. The summed E-state index contributed by atoms with van der Waals surface area (Å²) in [6, 6.07) is 0. The number of rotatable bonds is 4. The zero-order valence-corrected chi connectivity index (χ0v) is 8.04. The molecule has 1 unspecified atom stereocenters. The van der Waals surface area contributed by atoms with E-state index in [4.69, 9.17) is 4.74 Å². The number of Topliss-reactive ketones (excluding diaryl/α,β-unsaturated/α-hetero) is 1. The zero-order valence-electron chi connectivity index (χ0n) is 8.04. The van der Waals surface area contributed by atoms with Gasteiger partial charge in [0, 0.05) is 12.8 Å². The summed E-state index contributed by atoms with van der Waals surface area (Å²) >= 11 is 0. The normalized spacial score (nSPS) is 21.9. The lowest BCUT2D eigenvalue weighted by Gasteiger charge is -2.07. The fraction of sp³-hybridized carbons (Fsp3) is 0.800. The van der Waals surface area contributed by atoms with Crippen LogP contribution in [0.15, 0.2) is 0 Å². The molecule has 3 nitrogen and oxygen atoms in total. The van der Waals surface area contributed by atoms with Gasteiger partial charge < -0.3 is 4.74 Å². The predicted molar refractivity (Wildman–Crippen MR) is 48.2 cm³/mol. The van der Waals surface area contributed by atoms with Crippen molar-refractivity contribution < 1.29 is 14.3 Å². The summed E-state index contributed by atoms with van der Waals surface area (Å²) in [6.07, 6.45) is 3.56. The highest BCUT2D eigenvalue weighted by molar-refractivity contribution is 5.87. The molecule has 1 fully saturated rings. The Balaban J connectivity index is 2.20. The van der Waals surface area contributed by atoms with Gasteiger partial charge in [-0.1, -0.05) is 13.3 Å². The Labute approximate surface area is 78.5 Å². The summed E-state index contributed by atoms with van der Waals surface area (Å²) in [7, 11) is 0. The molecular formula is C10H16O3. The van der Waals surface area contributed by atoms with Gasteiger partial charge in [-0.05, 0) is 12.8 Å². The third-order valence-corrected chi connectivity index (χ3v) is 2.32. The van der Waals surface area contributed by atoms with Gasteiger partial charge in [-0.3, -0.25) is 9.59 Å². The summed E-state index contributed by atoms with van der Waals surface area (Å²) in [4.78, 5) is 22.2. The van der Waals surface area contributed by atoms with Crippen molar-refractivity contribution in [3.63, 3.8) is 0 Å². The molecule has 0 aromatic rings. The number of ketones is 1. The van der Waals surface area contributed by atoms with Crippen LogP contribution in [0, 0.1) is 5.92 Å². The van der Waals surface area contributed by atoms with Crippen molar-refractivity contribution in [3.8, 4) is 0 Å². The van der Waals surface area contributed by atoms with E-state index in [9.17, 15) is 9.59 Å². The first kappa shape index (κ1) is 10.2. The van der Waals surface area contributed by atoms with Gasteiger partial charge in [0.25, 0.3) is 0 Å². The SMILES string of the molecule is CCCCOC(=O)C1CCC(=O)C1. The van der Waals surface area contributed by atoms with Crippen LogP contribution in [0.3, 0.4) is 0 Å². The van der Waals surface area contributed by atoms with Crippen molar-refractivity contribution >= 4 is 11.8 Å². The van der Waals surface area contributed by atoms with E-state index in [0.717, 1.165) is 12.8 Å². The summed E-state index contributed by atoms with van der Waals surface area (Å²) < 4.78 is 5.02. The highest BCUT2D eigenvalue weighted by Gasteiger charge is 2.29. The van der Waals surface area contributed by atoms with Crippen LogP contribution in [-0.4, -0.2) is 18.4 Å². The molecule has 0 aliphatic heterocycles. The Morgan fingerprint density at radius 2 is 2.38 bits per heavy atom. The van der Waals surface area contributed by atoms with Crippen molar-refractivity contribution in [2.24, 2.45) is 5.92 Å². The molecule has 1 atom stereocenters. The first-order chi connectivity index (χ1) is 6.24. The molecule has 0 bridgehead atoms. The quantitative estimate of drug-likeness (QED) is 0.493. The molecule has 0 aromatic heterocycles. The van der Waals surface area contributed by atoms with Gasteiger partial charge in [0.15, 0.2) is 0 Å². The predicted octanol–water partition coefficient (Wildman–Crippen LogP) is 1.70. The molecule has 1 aliphatic carbocycles. The fourth-order valence-electron chi connectivity index (χ4n) is 1.45. The minimum absolute atomic E-state index is 0.149. The Kier molecular flexibility index (Phi) is 3.93. The van der Waals surface area contributed by atoms with Crippen LogP contribution in [0.5, 0.6) is 0 Å². The highest BCUT2D eigenvalue weighted by Crippen LogP contribution is 2.22. The molecule has 1 aliphatic rings. The van der Waals surface area contributed by atoms with E-state index >= 15 is 0 Å². The molecule has 0 N–H and O–H groups in total. The van der Waals surface area contributed by atoms with Crippen LogP contribution in [-0.2, 0) is 14.3 Å². The second kappa shape index (κ2) is 5.00. The molecule has 0 spiro atoms. The average molecular weight is 184 g/mol. The van der Waals surface area contributed by atoms with Crippen LogP contribution >= 0.6 is 0 Å². The zero-order chi connectivity index (χ0) is 9.68. The minimum atomic E-state index is -0.181. The van der Waals surface area contributed by atoms with Gasteiger partial charge in [-0.25, -0.2) is 0 Å². The van der Waals surface area contributed by atoms with Gasteiger partial charge in [0.1, 0.15) is 5.78 Å². The van der Waals surface area contributed by atoms with E-state index in [0.29, 0.717) is 25.9 Å². The maximum absolute atomic E-state index is 11.3. The Morgan fingerprint density at radius 3 is 2.92 bits per heavy atom. The summed E-state index contributed by atoms with van der Waals surface area (Å²) in [6.45, 7) is 2.55. The van der Waals surface area contributed by atoms with Gasteiger partial charge >= 0.3 is 5.97 Å². The monoisotopic (exact) mass is 184 g/mol. The van der Waals surface area contributed by atoms with Gasteiger partial charge in [-0.2, -0.15) is 0 Å². The molecule has 0 aromatic carbocycles. The minimum Gasteiger partial charge on any atom is -0.465 e. The van der Waals surface area contributed by atoms with E-state index in [1.807, 2.05) is 6.92 Å². The number of esters is 1. The van der Waals surface area contributed by atoms with Crippen molar-refractivity contribution in [1.29, 1.82) is 0 Å². The Morgan fingerprint density at radius 1 is 1.62 bits per heavy atom. The van der Waals surface area contributed by atoms with E-state index in [-0.39, 0.29) is 17.7 Å². The average Bonchev–Trinajstić information content (AvgIpc) is 2.52. The third-order valence-electron chi connectivity index (χ3n) is 2.32.